The molecule has 0 fully saturated rings. The van der Waals surface area contributed by atoms with E-state index in [1.54, 1.807) is 4.72 Å². The lowest BCUT2D eigenvalue weighted by atomic mass is 10.3. The maximum absolute atomic E-state index is 12.6. The topological polar surface area (TPSA) is 46.2 Å². The first-order valence-corrected chi connectivity index (χ1v) is 5.91. The SMILES string of the molecule is O=S(=O)(Nc1ccc(F)cc1Br)C(F)F. The summed E-state index contributed by atoms with van der Waals surface area (Å²) in [5.74, 6) is -4.14. The Hall–Kier alpha value is -0.760. The summed E-state index contributed by atoms with van der Waals surface area (Å²) in [4.78, 5) is 0. The lowest BCUT2D eigenvalue weighted by Crippen LogP contribution is -2.20. The molecule has 84 valence electrons. The Balaban J connectivity index is 3.01. The summed E-state index contributed by atoms with van der Waals surface area (Å²) in [6.45, 7) is 0. The molecule has 1 rings (SSSR count). The summed E-state index contributed by atoms with van der Waals surface area (Å²) in [6, 6.07) is 2.96. The molecule has 15 heavy (non-hydrogen) atoms. The van der Waals surface area contributed by atoms with E-state index < -0.39 is 21.6 Å². The Bertz CT molecular complexity index is 463. The van der Waals surface area contributed by atoms with Crippen molar-refractivity contribution < 1.29 is 21.6 Å². The van der Waals surface area contributed by atoms with Crippen LogP contribution >= 0.6 is 15.9 Å². The van der Waals surface area contributed by atoms with E-state index in [1.165, 1.54) is 0 Å². The van der Waals surface area contributed by atoms with Gasteiger partial charge in [0.2, 0.25) is 0 Å². The number of alkyl halides is 2. The average Bonchev–Trinajstić information content (AvgIpc) is 2.09. The van der Waals surface area contributed by atoms with Gasteiger partial charge in [-0.3, -0.25) is 4.72 Å². The second-order valence-corrected chi connectivity index (χ2v) is 5.04. The van der Waals surface area contributed by atoms with Crippen molar-refractivity contribution in [1.82, 2.24) is 0 Å². The van der Waals surface area contributed by atoms with Crippen LogP contribution in [-0.4, -0.2) is 14.2 Å². The smallest absolute Gasteiger partial charge is 0.278 e. The molecular weight excluding hydrogens is 299 g/mol. The van der Waals surface area contributed by atoms with Gasteiger partial charge < -0.3 is 0 Å². The van der Waals surface area contributed by atoms with Crippen LogP contribution in [0.25, 0.3) is 0 Å². The Kier molecular flexibility index (Phi) is 3.61. The van der Waals surface area contributed by atoms with Gasteiger partial charge in [-0.15, -0.1) is 0 Å². The molecule has 0 aliphatic rings. The predicted octanol–water partition coefficient (Wildman–Crippen LogP) is 2.55. The molecule has 8 heteroatoms. The van der Waals surface area contributed by atoms with Crippen molar-refractivity contribution in [2.24, 2.45) is 0 Å². The quantitative estimate of drug-likeness (QED) is 0.933. The van der Waals surface area contributed by atoms with Crippen LogP contribution in [0.3, 0.4) is 0 Å². The maximum Gasteiger partial charge on any atom is 0.355 e. The number of hydrogen-bond donors (Lipinski definition) is 1. The first-order chi connectivity index (χ1) is 6.83. The minimum atomic E-state index is -4.72. The summed E-state index contributed by atoms with van der Waals surface area (Å²) < 4.78 is 59.7. The van der Waals surface area contributed by atoms with Crippen LogP contribution in [0.4, 0.5) is 18.9 Å². The van der Waals surface area contributed by atoms with E-state index >= 15 is 0 Å². The Morgan fingerprint density at radius 2 is 1.93 bits per heavy atom. The number of anilines is 1. The minimum Gasteiger partial charge on any atom is -0.278 e. The fourth-order valence-corrected chi connectivity index (χ4v) is 1.92. The number of sulfonamides is 1. The van der Waals surface area contributed by atoms with E-state index in [-0.39, 0.29) is 10.2 Å². The van der Waals surface area contributed by atoms with Gasteiger partial charge in [0.15, 0.2) is 0 Å². The van der Waals surface area contributed by atoms with Gasteiger partial charge in [-0.1, -0.05) is 0 Å². The highest BCUT2D eigenvalue weighted by atomic mass is 79.9. The minimum absolute atomic E-state index is 0.0479. The molecule has 0 atom stereocenters. The third kappa shape index (κ3) is 3.10. The van der Waals surface area contributed by atoms with Crippen molar-refractivity contribution in [3.8, 4) is 0 Å². The molecule has 0 radical (unpaired) electrons. The van der Waals surface area contributed by atoms with Crippen LogP contribution in [0.2, 0.25) is 0 Å². The van der Waals surface area contributed by atoms with E-state index in [2.05, 4.69) is 15.9 Å². The summed E-state index contributed by atoms with van der Waals surface area (Å²) in [7, 11) is -4.72. The molecule has 0 heterocycles. The summed E-state index contributed by atoms with van der Waals surface area (Å²) in [5.41, 5.74) is -0.142. The van der Waals surface area contributed by atoms with Crippen molar-refractivity contribution >= 4 is 31.6 Å². The molecule has 0 unspecified atom stereocenters. The standard InChI is InChI=1S/C7H5BrF3NO2S/c8-5-3-4(9)1-2-6(5)12-15(13,14)7(10)11/h1-3,7,12H. The molecule has 0 bridgehead atoms. The number of benzene rings is 1. The number of nitrogens with one attached hydrogen (secondary N) is 1. The van der Waals surface area contributed by atoms with Gasteiger partial charge >= 0.3 is 5.76 Å². The second-order valence-electron chi connectivity index (χ2n) is 2.53. The van der Waals surface area contributed by atoms with Crippen LogP contribution in [-0.2, 0) is 10.0 Å². The molecular formula is C7H5BrF3NO2S. The molecule has 0 amide bonds. The predicted molar refractivity (Wildman–Crippen MR) is 52.6 cm³/mol. The van der Waals surface area contributed by atoms with Crippen LogP contribution in [0.15, 0.2) is 22.7 Å². The zero-order chi connectivity index (χ0) is 11.6. The fourth-order valence-electron chi connectivity index (χ4n) is 0.770. The normalized spacial score (nSPS) is 11.8. The van der Waals surface area contributed by atoms with Crippen LogP contribution in [0.1, 0.15) is 0 Å². The monoisotopic (exact) mass is 303 g/mol. The molecule has 0 aromatic heterocycles. The van der Waals surface area contributed by atoms with Crippen molar-refractivity contribution in [3.05, 3.63) is 28.5 Å². The highest BCUT2D eigenvalue weighted by Gasteiger charge is 2.24. The van der Waals surface area contributed by atoms with Gasteiger partial charge in [0.05, 0.1) is 5.69 Å². The van der Waals surface area contributed by atoms with Gasteiger partial charge in [0.25, 0.3) is 10.0 Å². The van der Waals surface area contributed by atoms with Gasteiger partial charge in [-0.2, -0.15) is 8.78 Å². The zero-order valence-electron chi connectivity index (χ0n) is 7.05. The van der Waals surface area contributed by atoms with Crippen LogP contribution < -0.4 is 4.72 Å². The van der Waals surface area contributed by atoms with Crippen molar-refractivity contribution in [3.63, 3.8) is 0 Å². The van der Waals surface area contributed by atoms with Crippen molar-refractivity contribution in [1.29, 1.82) is 0 Å². The molecule has 0 spiro atoms. The van der Waals surface area contributed by atoms with Gasteiger partial charge in [-0.25, -0.2) is 12.8 Å². The van der Waals surface area contributed by atoms with Crippen LogP contribution in [0, 0.1) is 5.82 Å². The summed E-state index contributed by atoms with van der Waals surface area (Å²) in [6.07, 6.45) is 0. The zero-order valence-corrected chi connectivity index (χ0v) is 9.45. The summed E-state index contributed by atoms with van der Waals surface area (Å²) >= 11 is 2.84. The fraction of sp³-hybridized carbons (Fsp3) is 0.143. The first kappa shape index (κ1) is 12.3. The van der Waals surface area contributed by atoms with Crippen LogP contribution in [0.5, 0.6) is 0 Å². The number of rotatable bonds is 3. The number of hydrogen-bond acceptors (Lipinski definition) is 2. The van der Waals surface area contributed by atoms with E-state index in [0.29, 0.717) is 0 Å². The molecule has 1 N–H and O–H groups in total. The lowest BCUT2D eigenvalue weighted by molar-refractivity contribution is 0.236. The third-order valence-corrected chi connectivity index (χ3v) is 3.05. The molecule has 3 nitrogen and oxygen atoms in total. The highest BCUT2D eigenvalue weighted by molar-refractivity contribution is 9.10. The lowest BCUT2D eigenvalue weighted by Gasteiger charge is -2.08. The highest BCUT2D eigenvalue weighted by Crippen LogP contribution is 2.25. The first-order valence-electron chi connectivity index (χ1n) is 3.58. The van der Waals surface area contributed by atoms with Crippen molar-refractivity contribution in [2.45, 2.75) is 5.76 Å². The molecule has 1 aromatic carbocycles. The average molecular weight is 304 g/mol. The van der Waals surface area contributed by atoms with E-state index in [1.807, 2.05) is 0 Å². The van der Waals surface area contributed by atoms with E-state index in [4.69, 9.17) is 0 Å². The molecule has 0 saturated heterocycles. The Morgan fingerprint density at radius 1 is 1.33 bits per heavy atom. The third-order valence-electron chi connectivity index (χ3n) is 1.42. The van der Waals surface area contributed by atoms with Crippen molar-refractivity contribution in [2.75, 3.05) is 4.72 Å². The Morgan fingerprint density at radius 3 is 2.40 bits per heavy atom. The Labute approximate surface area is 92.5 Å². The van der Waals surface area contributed by atoms with Gasteiger partial charge in [0.1, 0.15) is 5.82 Å². The molecule has 1 aromatic rings. The number of halogens is 4. The largest absolute Gasteiger partial charge is 0.355 e. The van der Waals surface area contributed by atoms with E-state index in [0.717, 1.165) is 18.2 Å². The summed E-state index contributed by atoms with van der Waals surface area (Å²) in [5, 5.41) is 0. The maximum atomic E-state index is 12.6. The van der Waals surface area contributed by atoms with Gasteiger partial charge in [-0.05, 0) is 34.1 Å². The molecule has 0 aliphatic carbocycles. The van der Waals surface area contributed by atoms with E-state index in [9.17, 15) is 21.6 Å². The molecule has 0 aliphatic heterocycles. The second kappa shape index (κ2) is 4.40. The van der Waals surface area contributed by atoms with Gasteiger partial charge in [0, 0.05) is 4.47 Å². The molecule has 0 saturated carbocycles.